The Labute approximate surface area is 151 Å². The molecule has 0 saturated heterocycles. The maximum atomic E-state index is 13.2. The summed E-state index contributed by atoms with van der Waals surface area (Å²) >= 11 is 6.43. The van der Waals surface area contributed by atoms with Gasteiger partial charge in [-0.1, -0.05) is 25.4 Å². The van der Waals surface area contributed by atoms with E-state index in [9.17, 15) is 4.79 Å². The molecule has 0 fully saturated rings. The van der Waals surface area contributed by atoms with E-state index in [1.54, 1.807) is 22.3 Å². The van der Waals surface area contributed by atoms with Gasteiger partial charge in [0.25, 0.3) is 5.56 Å². The van der Waals surface area contributed by atoms with Crippen molar-refractivity contribution in [2.75, 3.05) is 7.11 Å². The number of halogens is 1. The summed E-state index contributed by atoms with van der Waals surface area (Å²) in [6, 6.07) is 7.42. The van der Waals surface area contributed by atoms with Crippen LogP contribution in [0.15, 0.2) is 29.1 Å². The van der Waals surface area contributed by atoms with Gasteiger partial charge in [-0.2, -0.15) is 0 Å². The summed E-state index contributed by atoms with van der Waals surface area (Å²) in [6.07, 6.45) is 0. The first-order valence-electron chi connectivity index (χ1n) is 8.36. The minimum absolute atomic E-state index is 0.0452. The van der Waals surface area contributed by atoms with Crippen LogP contribution >= 0.6 is 11.6 Å². The number of ether oxygens (including phenoxy) is 1. The first kappa shape index (κ1) is 17.5. The third-order valence-electron chi connectivity index (χ3n) is 4.44. The van der Waals surface area contributed by atoms with E-state index in [0.717, 1.165) is 11.3 Å². The minimum atomic E-state index is -0.0452. The van der Waals surface area contributed by atoms with Crippen molar-refractivity contribution in [2.45, 2.75) is 40.2 Å². The van der Waals surface area contributed by atoms with E-state index in [-0.39, 0.29) is 11.5 Å². The Morgan fingerprint density at radius 2 is 2.00 bits per heavy atom. The molecule has 5 nitrogen and oxygen atoms in total. The van der Waals surface area contributed by atoms with Gasteiger partial charge in [-0.15, -0.1) is 5.10 Å². The summed E-state index contributed by atoms with van der Waals surface area (Å²) in [5.74, 6) is 1.47. The Kier molecular flexibility index (Phi) is 4.60. The second-order valence-electron chi connectivity index (χ2n) is 6.37. The number of rotatable bonds is 4. The maximum Gasteiger partial charge on any atom is 0.278 e. The standard InChI is InChI=1S/C19H22ClN3O2/c1-6-22-18(14-8-7-13(25-5)10-16(14)20)21-23-12(4)9-15(11(2)3)17(23)19(22)24/h7-11H,6H2,1-5H3. The molecule has 0 atom stereocenters. The highest BCUT2D eigenvalue weighted by molar-refractivity contribution is 6.33. The molecule has 0 saturated carbocycles. The Morgan fingerprint density at radius 1 is 1.28 bits per heavy atom. The van der Waals surface area contributed by atoms with Crippen LogP contribution in [-0.4, -0.2) is 21.3 Å². The molecule has 3 aromatic rings. The molecular formula is C19H22ClN3O2. The predicted octanol–water partition coefficient (Wildman–Crippen LogP) is 4.28. The van der Waals surface area contributed by atoms with Crippen LogP contribution in [0.2, 0.25) is 5.02 Å². The quantitative estimate of drug-likeness (QED) is 0.698. The molecule has 0 N–H and O–H groups in total. The zero-order valence-corrected chi connectivity index (χ0v) is 15.9. The normalized spacial score (nSPS) is 11.5. The Morgan fingerprint density at radius 3 is 2.56 bits per heavy atom. The van der Waals surface area contributed by atoms with Crippen molar-refractivity contribution < 1.29 is 4.74 Å². The number of hydrogen-bond acceptors (Lipinski definition) is 3. The van der Waals surface area contributed by atoms with Gasteiger partial charge >= 0.3 is 0 Å². The van der Waals surface area contributed by atoms with Crippen molar-refractivity contribution in [3.05, 3.63) is 50.9 Å². The fraction of sp³-hybridized carbons (Fsp3) is 0.368. The summed E-state index contributed by atoms with van der Waals surface area (Å²) < 4.78 is 8.62. The Balaban J connectivity index is 2.37. The molecular weight excluding hydrogens is 338 g/mol. The van der Waals surface area contributed by atoms with Gasteiger partial charge in [0, 0.05) is 17.8 Å². The van der Waals surface area contributed by atoms with Crippen LogP contribution in [0.25, 0.3) is 16.9 Å². The molecule has 0 bridgehead atoms. The maximum absolute atomic E-state index is 13.2. The molecule has 0 aliphatic carbocycles. The van der Waals surface area contributed by atoms with Crippen molar-refractivity contribution in [2.24, 2.45) is 0 Å². The SMILES string of the molecule is CCn1c(-c2ccc(OC)cc2Cl)nn2c(C)cc(C(C)C)c2c1=O. The highest BCUT2D eigenvalue weighted by atomic mass is 35.5. The Hall–Kier alpha value is -2.27. The lowest BCUT2D eigenvalue weighted by Gasteiger charge is -2.14. The molecule has 0 aliphatic heterocycles. The topological polar surface area (TPSA) is 48.5 Å². The molecule has 2 heterocycles. The number of methoxy groups -OCH3 is 1. The van der Waals surface area contributed by atoms with Crippen LogP contribution in [0, 0.1) is 6.92 Å². The molecule has 0 amide bonds. The van der Waals surface area contributed by atoms with Crippen LogP contribution in [0.5, 0.6) is 5.75 Å². The molecule has 0 spiro atoms. The molecule has 25 heavy (non-hydrogen) atoms. The molecule has 1 aromatic carbocycles. The molecule has 0 radical (unpaired) electrons. The monoisotopic (exact) mass is 359 g/mol. The van der Waals surface area contributed by atoms with Crippen LogP contribution in [0.4, 0.5) is 0 Å². The van der Waals surface area contributed by atoms with Gasteiger partial charge in [0.2, 0.25) is 0 Å². The zero-order chi connectivity index (χ0) is 18.3. The largest absolute Gasteiger partial charge is 0.497 e. The van der Waals surface area contributed by atoms with E-state index >= 15 is 0 Å². The molecule has 132 valence electrons. The highest BCUT2D eigenvalue weighted by Crippen LogP contribution is 2.30. The number of benzene rings is 1. The molecule has 3 rings (SSSR count). The van der Waals surface area contributed by atoms with Gasteiger partial charge in [0.05, 0.1) is 12.1 Å². The van der Waals surface area contributed by atoms with Crippen LogP contribution in [0.1, 0.15) is 37.9 Å². The first-order valence-corrected chi connectivity index (χ1v) is 8.73. The lowest BCUT2D eigenvalue weighted by molar-refractivity contribution is 0.415. The van der Waals surface area contributed by atoms with Gasteiger partial charge in [-0.05, 0) is 49.6 Å². The van der Waals surface area contributed by atoms with Crippen molar-refractivity contribution in [1.29, 1.82) is 0 Å². The van der Waals surface area contributed by atoms with E-state index in [1.807, 2.05) is 32.0 Å². The van der Waals surface area contributed by atoms with Crippen molar-refractivity contribution in [3.8, 4) is 17.1 Å². The van der Waals surface area contributed by atoms with E-state index in [1.165, 1.54) is 0 Å². The summed E-state index contributed by atoms with van der Waals surface area (Å²) in [6.45, 7) is 8.58. The number of aromatic nitrogens is 3. The number of aryl methyl sites for hydroxylation is 1. The van der Waals surface area contributed by atoms with Crippen molar-refractivity contribution in [3.63, 3.8) is 0 Å². The zero-order valence-electron chi connectivity index (χ0n) is 15.1. The molecule has 2 aromatic heterocycles. The van der Waals surface area contributed by atoms with Gasteiger partial charge < -0.3 is 4.74 Å². The highest BCUT2D eigenvalue weighted by Gasteiger charge is 2.20. The van der Waals surface area contributed by atoms with Crippen molar-refractivity contribution in [1.82, 2.24) is 14.2 Å². The van der Waals surface area contributed by atoms with Gasteiger partial charge in [0.15, 0.2) is 5.82 Å². The summed E-state index contributed by atoms with van der Waals surface area (Å²) in [4.78, 5) is 13.2. The fourth-order valence-corrected chi connectivity index (χ4v) is 3.36. The first-order chi connectivity index (χ1) is 11.9. The van der Waals surface area contributed by atoms with Crippen molar-refractivity contribution >= 4 is 17.1 Å². The van der Waals surface area contributed by atoms with Gasteiger partial charge in [-0.25, -0.2) is 4.52 Å². The summed E-state index contributed by atoms with van der Waals surface area (Å²) in [5, 5.41) is 5.25. The van der Waals surface area contributed by atoms with E-state index < -0.39 is 0 Å². The average molecular weight is 360 g/mol. The Bertz CT molecular complexity index is 1000. The van der Waals surface area contributed by atoms with Gasteiger partial charge in [-0.3, -0.25) is 9.36 Å². The third-order valence-corrected chi connectivity index (χ3v) is 4.75. The molecule has 6 heteroatoms. The smallest absolute Gasteiger partial charge is 0.278 e. The average Bonchev–Trinajstić information content (AvgIpc) is 2.92. The lowest BCUT2D eigenvalue weighted by Crippen LogP contribution is -2.26. The second-order valence-corrected chi connectivity index (χ2v) is 6.78. The van der Waals surface area contributed by atoms with Gasteiger partial charge in [0.1, 0.15) is 11.3 Å². The summed E-state index contributed by atoms with van der Waals surface area (Å²) in [5.41, 5.74) is 3.26. The lowest BCUT2D eigenvalue weighted by atomic mass is 10.1. The number of hydrogen-bond donors (Lipinski definition) is 0. The minimum Gasteiger partial charge on any atom is -0.497 e. The fourth-order valence-electron chi connectivity index (χ4n) is 3.11. The third kappa shape index (κ3) is 2.82. The van der Waals surface area contributed by atoms with E-state index in [2.05, 4.69) is 13.8 Å². The molecule has 0 aliphatic rings. The predicted molar refractivity (Wildman–Crippen MR) is 101 cm³/mol. The van der Waals surface area contributed by atoms with E-state index in [4.69, 9.17) is 21.4 Å². The van der Waals surface area contributed by atoms with Crippen LogP contribution < -0.4 is 10.3 Å². The summed E-state index contributed by atoms with van der Waals surface area (Å²) in [7, 11) is 1.59. The number of fused-ring (bicyclic) bond motifs is 1. The van der Waals surface area contributed by atoms with Crippen LogP contribution in [0.3, 0.4) is 0 Å². The number of nitrogens with zero attached hydrogens (tertiary/aromatic N) is 3. The molecule has 0 unspecified atom stereocenters. The van der Waals surface area contributed by atoms with Crippen LogP contribution in [-0.2, 0) is 6.54 Å². The van der Waals surface area contributed by atoms with E-state index in [0.29, 0.717) is 34.2 Å². The second kappa shape index (κ2) is 6.56.